The van der Waals surface area contributed by atoms with Gasteiger partial charge in [-0.1, -0.05) is 67.9 Å². The Morgan fingerprint density at radius 3 is 2.74 bits per heavy atom. The average Bonchev–Trinajstić information content (AvgIpc) is 3.32. The lowest BCUT2D eigenvalue weighted by Gasteiger charge is -2.33. The van der Waals surface area contributed by atoms with E-state index in [2.05, 4.69) is 53.3 Å². The number of aromatic nitrogens is 3. The maximum Gasteiger partial charge on any atom is 0.225 e. The summed E-state index contributed by atoms with van der Waals surface area (Å²) in [6, 6.07) is 18.2. The molecule has 6 nitrogen and oxygen atoms in total. The molecular formula is C28H30ClN5O. The lowest BCUT2D eigenvalue weighted by Crippen LogP contribution is -2.43. The molecule has 1 N–H and O–H groups in total. The van der Waals surface area contributed by atoms with E-state index in [4.69, 9.17) is 16.7 Å². The van der Waals surface area contributed by atoms with E-state index in [1.807, 2.05) is 41.0 Å². The number of halogens is 1. The van der Waals surface area contributed by atoms with Crippen LogP contribution in [-0.4, -0.2) is 33.6 Å². The Kier molecular flexibility index (Phi) is 6.73. The summed E-state index contributed by atoms with van der Waals surface area (Å²) < 4.78 is 1.84. The number of amides is 1. The molecule has 0 saturated carbocycles. The van der Waals surface area contributed by atoms with Crippen LogP contribution in [0.5, 0.6) is 0 Å². The van der Waals surface area contributed by atoms with E-state index in [9.17, 15) is 4.79 Å². The topological polar surface area (TPSA) is 62.5 Å². The third-order valence-corrected chi connectivity index (χ3v) is 7.05. The first-order valence-corrected chi connectivity index (χ1v) is 12.6. The molecule has 2 aromatic heterocycles. The summed E-state index contributed by atoms with van der Waals surface area (Å²) in [5, 5.41) is 8.53. The molecule has 180 valence electrons. The van der Waals surface area contributed by atoms with Crippen LogP contribution >= 0.6 is 11.6 Å². The van der Waals surface area contributed by atoms with E-state index in [0.29, 0.717) is 24.0 Å². The average molecular weight is 488 g/mol. The number of hydrogen-bond donors (Lipinski definition) is 1. The van der Waals surface area contributed by atoms with Crippen molar-refractivity contribution in [3.05, 3.63) is 83.1 Å². The molecule has 35 heavy (non-hydrogen) atoms. The minimum absolute atomic E-state index is 0.0771. The Bertz CT molecular complexity index is 1330. The number of carbonyl (C=O) groups is 1. The van der Waals surface area contributed by atoms with E-state index >= 15 is 0 Å². The zero-order valence-corrected chi connectivity index (χ0v) is 20.9. The standard InChI is InChI=1S/C28H30ClN5O/c1-19(2)21-11-9-20(10-12-21)17-31-28(35)22-6-5-14-33(18-22)27-26-16-25(32-34(26)15-13-30-27)23-7-3-4-8-24(23)29/h3-4,7-13,15-16,19,22H,5-6,14,17-18H2,1-2H3,(H,31,35)/t22-/m1/s1. The number of rotatable bonds is 6. The van der Waals surface area contributed by atoms with E-state index in [0.717, 1.165) is 47.5 Å². The van der Waals surface area contributed by atoms with Gasteiger partial charge < -0.3 is 10.2 Å². The van der Waals surface area contributed by atoms with Gasteiger partial charge in [-0.25, -0.2) is 9.50 Å². The number of benzene rings is 2. The summed E-state index contributed by atoms with van der Waals surface area (Å²) in [4.78, 5) is 19.9. The smallest absolute Gasteiger partial charge is 0.225 e. The molecule has 7 heteroatoms. The van der Waals surface area contributed by atoms with Crippen LogP contribution in [0.3, 0.4) is 0 Å². The van der Waals surface area contributed by atoms with Crippen LogP contribution in [0, 0.1) is 5.92 Å². The third-order valence-electron chi connectivity index (χ3n) is 6.72. The maximum atomic E-state index is 13.0. The van der Waals surface area contributed by atoms with Crippen LogP contribution in [0.15, 0.2) is 67.0 Å². The van der Waals surface area contributed by atoms with Crippen LogP contribution in [0.2, 0.25) is 5.02 Å². The monoisotopic (exact) mass is 487 g/mol. The van der Waals surface area contributed by atoms with Crippen molar-refractivity contribution in [2.45, 2.75) is 39.2 Å². The second-order valence-corrected chi connectivity index (χ2v) is 9.90. The molecule has 0 bridgehead atoms. The van der Waals surface area contributed by atoms with Crippen LogP contribution in [0.4, 0.5) is 5.82 Å². The fraction of sp³-hybridized carbons (Fsp3) is 0.321. The van der Waals surface area contributed by atoms with Crippen molar-refractivity contribution in [3.63, 3.8) is 0 Å². The number of nitrogens with zero attached hydrogens (tertiary/aromatic N) is 4. The van der Waals surface area contributed by atoms with Crippen LogP contribution in [0.1, 0.15) is 43.7 Å². The van der Waals surface area contributed by atoms with Crippen LogP contribution in [0.25, 0.3) is 16.8 Å². The second kappa shape index (κ2) is 10.1. The molecule has 5 rings (SSSR count). The van der Waals surface area contributed by atoms with Gasteiger partial charge in [-0.05, 0) is 42.0 Å². The Morgan fingerprint density at radius 1 is 1.17 bits per heavy atom. The Balaban J connectivity index is 1.30. The fourth-order valence-corrected chi connectivity index (χ4v) is 4.92. The highest BCUT2D eigenvalue weighted by molar-refractivity contribution is 6.33. The summed E-state index contributed by atoms with van der Waals surface area (Å²) >= 11 is 6.40. The molecular weight excluding hydrogens is 458 g/mol. The number of fused-ring (bicyclic) bond motifs is 1. The summed E-state index contributed by atoms with van der Waals surface area (Å²) in [5.41, 5.74) is 5.03. The van der Waals surface area contributed by atoms with E-state index in [1.165, 1.54) is 5.56 Å². The number of hydrogen-bond acceptors (Lipinski definition) is 4. The predicted octanol–water partition coefficient (Wildman–Crippen LogP) is 5.71. The predicted molar refractivity (Wildman–Crippen MR) is 141 cm³/mol. The molecule has 1 atom stereocenters. The zero-order valence-electron chi connectivity index (χ0n) is 20.1. The molecule has 1 saturated heterocycles. The fourth-order valence-electron chi connectivity index (χ4n) is 4.69. The highest BCUT2D eigenvalue weighted by Crippen LogP contribution is 2.31. The van der Waals surface area contributed by atoms with Crippen molar-refractivity contribution in [2.24, 2.45) is 5.92 Å². The van der Waals surface area contributed by atoms with Gasteiger partial charge in [0.2, 0.25) is 5.91 Å². The highest BCUT2D eigenvalue weighted by Gasteiger charge is 2.28. The first-order chi connectivity index (χ1) is 17.0. The molecule has 0 radical (unpaired) electrons. The van der Waals surface area contributed by atoms with Crippen molar-refractivity contribution in [1.29, 1.82) is 0 Å². The maximum absolute atomic E-state index is 13.0. The largest absolute Gasteiger partial charge is 0.354 e. The van der Waals surface area contributed by atoms with Crippen molar-refractivity contribution >= 4 is 28.8 Å². The van der Waals surface area contributed by atoms with E-state index in [-0.39, 0.29) is 11.8 Å². The first kappa shape index (κ1) is 23.4. The Labute approximate surface area is 210 Å². The SMILES string of the molecule is CC(C)c1ccc(CNC(=O)[C@@H]2CCCN(c3nccn4nc(-c5ccccc5Cl)cc34)C2)cc1. The van der Waals surface area contributed by atoms with Gasteiger partial charge in [-0.2, -0.15) is 5.10 Å². The van der Waals surface area contributed by atoms with Gasteiger partial charge in [-0.15, -0.1) is 0 Å². The number of carbonyl (C=O) groups excluding carboxylic acids is 1. The lowest BCUT2D eigenvalue weighted by molar-refractivity contribution is -0.125. The molecule has 1 fully saturated rings. The van der Waals surface area contributed by atoms with Crippen LogP contribution in [-0.2, 0) is 11.3 Å². The quantitative estimate of drug-likeness (QED) is 0.378. The van der Waals surface area contributed by atoms with Gasteiger partial charge >= 0.3 is 0 Å². The van der Waals surface area contributed by atoms with Gasteiger partial charge in [0.25, 0.3) is 0 Å². The van der Waals surface area contributed by atoms with Gasteiger partial charge in [0.15, 0.2) is 5.82 Å². The Morgan fingerprint density at radius 2 is 1.97 bits per heavy atom. The molecule has 1 aliphatic heterocycles. The number of piperidine rings is 1. The summed E-state index contributed by atoms with van der Waals surface area (Å²) in [6.45, 7) is 6.41. The molecule has 1 amide bonds. The summed E-state index contributed by atoms with van der Waals surface area (Å²) in [7, 11) is 0. The molecule has 0 aliphatic carbocycles. The number of nitrogens with one attached hydrogen (secondary N) is 1. The summed E-state index contributed by atoms with van der Waals surface area (Å²) in [6.07, 6.45) is 5.42. The number of anilines is 1. The molecule has 0 spiro atoms. The minimum atomic E-state index is -0.0771. The van der Waals surface area contributed by atoms with E-state index < -0.39 is 0 Å². The normalized spacial score (nSPS) is 16.1. The molecule has 0 unspecified atom stereocenters. The van der Waals surface area contributed by atoms with Gasteiger partial charge in [0, 0.05) is 37.6 Å². The zero-order chi connectivity index (χ0) is 24.4. The Hall–Kier alpha value is -3.38. The van der Waals surface area contributed by atoms with Crippen molar-refractivity contribution < 1.29 is 4.79 Å². The molecule has 3 heterocycles. The van der Waals surface area contributed by atoms with Crippen molar-refractivity contribution in [1.82, 2.24) is 19.9 Å². The first-order valence-electron chi connectivity index (χ1n) is 12.2. The van der Waals surface area contributed by atoms with Crippen LogP contribution < -0.4 is 10.2 Å². The highest BCUT2D eigenvalue weighted by atomic mass is 35.5. The van der Waals surface area contributed by atoms with Gasteiger partial charge in [-0.3, -0.25) is 4.79 Å². The van der Waals surface area contributed by atoms with Gasteiger partial charge in [0.1, 0.15) is 5.52 Å². The van der Waals surface area contributed by atoms with Crippen molar-refractivity contribution in [2.75, 3.05) is 18.0 Å². The lowest BCUT2D eigenvalue weighted by atomic mass is 9.96. The molecule has 1 aliphatic rings. The van der Waals surface area contributed by atoms with Crippen molar-refractivity contribution in [3.8, 4) is 11.3 Å². The molecule has 2 aromatic carbocycles. The molecule has 4 aromatic rings. The second-order valence-electron chi connectivity index (χ2n) is 9.49. The van der Waals surface area contributed by atoms with Gasteiger partial charge in [0.05, 0.1) is 16.6 Å². The minimum Gasteiger partial charge on any atom is -0.354 e. The summed E-state index contributed by atoms with van der Waals surface area (Å²) in [5.74, 6) is 1.37. The third kappa shape index (κ3) is 5.03. The van der Waals surface area contributed by atoms with E-state index in [1.54, 1.807) is 6.20 Å².